The number of piperazine rings is 1. The highest BCUT2D eigenvalue weighted by Crippen LogP contribution is 2.24. The van der Waals surface area contributed by atoms with Crippen molar-refractivity contribution in [1.29, 1.82) is 0 Å². The van der Waals surface area contributed by atoms with Gasteiger partial charge in [0.2, 0.25) is 0 Å². The van der Waals surface area contributed by atoms with Gasteiger partial charge in [-0.3, -0.25) is 19.4 Å². The number of hydrogen-bond donors (Lipinski definition) is 1. The highest BCUT2D eigenvalue weighted by atomic mass is 32.2. The number of benzene rings is 3. The van der Waals surface area contributed by atoms with E-state index in [1.54, 1.807) is 59.6 Å². The minimum Gasteiger partial charge on any atom is -0.333 e. The Kier molecular flexibility index (Phi) is 6.90. The Morgan fingerprint density at radius 1 is 1.00 bits per heavy atom. The molecule has 0 aliphatic carbocycles. The van der Waals surface area contributed by atoms with Crippen LogP contribution in [0.15, 0.2) is 90.0 Å². The van der Waals surface area contributed by atoms with Crippen molar-refractivity contribution in [2.24, 2.45) is 0 Å². The molecule has 1 atom stereocenters. The van der Waals surface area contributed by atoms with Gasteiger partial charge in [-0.25, -0.2) is 12.8 Å². The summed E-state index contributed by atoms with van der Waals surface area (Å²) < 4.78 is 42.7. The van der Waals surface area contributed by atoms with Crippen molar-refractivity contribution in [1.82, 2.24) is 14.8 Å². The third-order valence-corrected chi connectivity index (χ3v) is 8.01. The molecule has 4 aromatic rings. The molecule has 1 unspecified atom stereocenters. The molecule has 1 amide bonds. The van der Waals surface area contributed by atoms with Gasteiger partial charge in [0, 0.05) is 60.6 Å². The van der Waals surface area contributed by atoms with Crippen LogP contribution in [0.1, 0.15) is 22.8 Å². The van der Waals surface area contributed by atoms with Gasteiger partial charge in [-0.05, 0) is 49.4 Å². The van der Waals surface area contributed by atoms with E-state index in [0.717, 1.165) is 5.39 Å². The van der Waals surface area contributed by atoms with E-state index in [1.165, 1.54) is 12.1 Å². The molecule has 0 bridgehead atoms. The van der Waals surface area contributed by atoms with Crippen LogP contribution in [0.2, 0.25) is 0 Å². The molecule has 1 saturated heterocycles. The fourth-order valence-electron chi connectivity index (χ4n) is 4.70. The number of carbonyl (C=O) groups excluding carboxylic acids is 1. The van der Waals surface area contributed by atoms with E-state index in [-0.39, 0.29) is 22.7 Å². The van der Waals surface area contributed by atoms with Crippen LogP contribution in [0.4, 0.5) is 10.1 Å². The molecular formula is C28H27FN4O3S. The van der Waals surface area contributed by atoms with E-state index < -0.39 is 10.0 Å². The number of amides is 1. The molecule has 0 spiro atoms. The maximum Gasteiger partial charge on any atom is 0.264 e. The first kappa shape index (κ1) is 24.9. The Morgan fingerprint density at radius 2 is 1.76 bits per heavy atom. The van der Waals surface area contributed by atoms with Crippen LogP contribution in [0.5, 0.6) is 0 Å². The quantitative estimate of drug-likeness (QED) is 0.406. The van der Waals surface area contributed by atoms with Crippen LogP contribution in [0.25, 0.3) is 10.9 Å². The number of hydrogen-bond acceptors (Lipinski definition) is 5. The van der Waals surface area contributed by atoms with Gasteiger partial charge in [0.1, 0.15) is 10.7 Å². The second kappa shape index (κ2) is 10.3. The lowest BCUT2D eigenvalue weighted by atomic mass is 10.1. The zero-order valence-electron chi connectivity index (χ0n) is 20.3. The van der Waals surface area contributed by atoms with Crippen molar-refractivity contribution in [3.05, 3.63) is 102 Å². The zero-order valence-corrected chi connectivity index (χ0v) is 21.2. The summed E-state index contributed by atoms with van der Waals surface area (Å²) in [5, 5.41) is 0.731. The van der Waals surface area contributed by atoms with E-state index in [4.69, 9.17) is 0 Å². The Labute approximate surface area is 215 Å². The number of fused-ring (bicyclic) bond motifs is 1. The SMILES string of the molecule is CC1CN(Cc2ccccc2F)CCN1C(=O)c1ccc(NS(=O)(=O)c2cccc3cccnc23)cc1. The number of para-hydroxylation sites is 1. The third-order valence-electron chi connectivity index (χ3n) is 6.59. The first-order valence-electron chi connectivity index (χ1n) is 12.1. The van der Waals surface area contributed by atoms with Crippen molar-refractivity contribution in [2.45, 2.75) is 24.4 Å². The molecule has 1 aliphatic rings. The van der Waals surface area contributed by atoms with E-state index in [2.05, 4.69) is 14.6 Å². The Balaban J connectivity index is 1.25. The minimum absolute atomic E-state index is 0.0509. The summed E-state index contributed by atoms with van der Waals surface area (Å²) in [6.07, 6.45) is 1.56. The molecule has 37 heavy (non-hydrogen) atoms. The van der Waals surface area contributed by atoms with Crippen molar-refractivity contribution >= 4 is 32.5 Å². The molecular weight excluding hydrogens is 491 g/mol. The predicted octanol–water partition coefficient (Wildman–Crippen LogP) is 4.52. The summed E-state index contributed by atoms with van der Waals surface area (Å²) in [6.45, 7) is 4.28. The Morgan fingerprint density at radius 3 is 2.51 bits per heavy atom. The molecule has 2 heterocycles. The molecule has 9 heteroatoms. The summed E-state index contributed by atoms with van der Waals surface area (Å²) in [5.74, 6) is -0.341. The van der Waals surface area contributed by atoms with Crippen molar-refractivity contribution in [2.75, 3.05) is 24.4 Å². The monoisotopic (exact) mass is 518 g/mol. The largest absolute Gasteiger partial charge is 0.333 e. The van der Waals surface area contributed by atoms with Gasteiger partial charge in [-0.2, -0.15) is 0 Å². The number of pyridine rings is 1. The molecule has 0 radical (unpaired) electrons. The van der Waals surface area contributed by atoms with Crippen LogP contribution < -0.4 is 4.72 Å². The second-order valence-corrected chi connectivity index (χ2v) is 10.8. The summed E-state index contributed by atoms with van der Waals surface area (Å²) in [5.41, 5.74) is 1.87. The van der Waals surface area contributed by atoms with Crippen molar-refractivity contribution in [3.8, 4) is 0 Å². The minimum atomic E-state index is -3.88. The summed E-state index contributed by atoms with van der Waals surface area (Å²) in [6, 6.07) is 21.7. The smallest absolute Gasteiger partial charge is 0.264 e. The lowest BCUT2D eigenvalue weighted by Gasteiger charge is -2.40. The molecule has 1 fully saturated rings. The number of anilines is 1. The Hall–Kier alpha value is -3.82. The number of rotatable bonds is 6. The first-order chi connectivity index (χ1) is 17.8. The molecule has 5 rings (SSSR count). The number of halogens is 1. The van der Waals surface area contributed by atoms with Gasteiger partial charge in [0.15, 0.2) is 0 Å². The number of nitrogens with one attached hydrogen (secondary N) is 1. The van der Waals surface area contributed by atoms with Gasteiger partial charge >= 0.3 is 0 Å². The normalized spacial score (nSPS) is 16.6. The lowest BCUT2D eigenvalue weighted by Crippen LogP contribution is -2.53. The average molecular weight is 519 g/mol. The van der Waals surface area contributed by atoms with Crippen molar-refractivity contribution in [3.63, 3.8) is 0 Å². The average Bonchev–Trinajstić information content (AvgIpc) is 2.89. The van der Waals surface area contributed by atoms with Gasteiger partial charge in [-0.15, -0.1) is 0 Å². The van der Waals surface area contributed by atoms with Crippen LogP contribution in [-0.2, 0) is 16.6 Å². The summed E-state index contributed by atoms with van der Waals surface area (Å²) in [4.78, 5) is 21.5. The fraction of sp³-hybridized carbons (Fsp3) is 0.214. The number of nitrogens with zero attached hydrogens (tertiary/aromatic N) is 3. The third kappa shape index (κ3) is 5.33. The summed E-state index contributed by atoms with van der Waals surface area (Å²) in [7, 11) is -3.88. The Bertz CT molecular complexity index is 1540. The van der Waals surface area contributed by atoms with Crippen LogP contribution in [-0.4, -0.2) is 54.8 Å². The molecule has 3 aromatic carbocycles. The first-order valence-corrected chi connectivity index (χ1v) is 13.5. The standard InChI is InChI=1S/C28H27FN4O3S/c1-20-18-32(19-23-6-2-3-9-25(23)29)16-17-33(20)28(34)22-11-13-24(14-12-22)31-37(35,36)26-10-4-7-21-8-5-15-30-27(21)26/h2-15,20,31H,16-19H2,1H3. The van der Waals surface area contributed by atoms with Crippen LogP contribution in [0, 0.1) is 5.82 Å². The van der Waals surface area contributed by atoms with Crippen LogP contribution >= 0.6 is 0 Å². The number of carbonyl (C=O) groups is 1. The van der Waals surface area contributed by atoms with Gasteiger partial charge in [0.05, 0.1) is 5.52 Å². The van der Waals surface area contributed by atoms with Crippen LogP contribution in [0.3, 0.4) is 0 Å². The summed E-state index contributed by atoms with van der Waals surface area (Å²) >= 11 is 0. The van der Waals surface area contributed by atoms with Gasteiger partial charge in [0.25, 0.3) is 15.9 Å². The van der Waals surface area contributed by atoms with Gasteiger partial charge < -0.3 is 4.90 Å². The maximum atomic E-state index is 14.0. The highest BCUT2D eigenvalue weighted by molar-refractivity contribution is 7.93. The van der Waals surface area contributed by atoms with E-state index >= 15 is 0 Å². The highest BCUT2D eigenvalue weighted by Gasteiger charge is 2.28. The maximum absolute atomic E-state index is 14.0. The predicted molar refractivity (Wildman–Crippen MR) is 141 cm³/mol. The van der Waals surface area contributed by atoms with E-state index in [9.17, 15) is 17.6 Å². The molecule has 1 aromatic heterocycles. The van der Waals surface area contributed by atoms with E-state index in [0.29, 0.717) is 48.5 Å². The van der Waals surface area contributed by atoms with Crippen molar-refractivity contribution < 1.29 is 17.6 Å². The molecule has 190 valence electrons. The molecule has 0 saturated carbocycles. The topological polar surface area (TPSA) is 82.6 Å². The lowest BCUT2D eigenvalue weighted by molar-refractivity contribution is 0.0473. The molecule has 1 aliphatic heterocycles. The number of sulfonamides is 1. The van der Waals surface area contributed by atoms with Gasteiger partial charge in [-0.1, -0.05) is 36.4 Å². The molecule has 1 N–H and O–H groups in total. The molecule has 7 nitrogen and oxygen atoms in total. The zero-order chi connectivity index (χ0) is 26.0. The second-order valence-electron chi connectivity index (χ2n) is 9.19. The van der Waals surface area contributed by atoms with E-state index in [1.807, 2.05) is 25.1 Å². The fourth-order valence-corrected chi connectivity index (χ4v) is 5.93. The number of aromatic nitrogens is 1.